The Balaban J connectivity index is 0.833. The van der Waals surface area contributed by atoms with E-state index in [-0.39, 0.29) is 131 Å². The second-order valence-corrected chi connectivity index (χ2v) is 17.9. The van der Waals surface area contributed by atoms with Gasteiger partial charge < -0.3 is 55.5 Å². The number of alkyl halides is 3. The number of hydrogen-bond donors (Lipinski definition) is 5. The molecule has 3 aromatic rings. The van der Waals surface area contributed by atoms with Gasteiger partial charge in [0, 0.05) is 75.9 Å². The lowest BCUT2D eigenvalue weighted by molar-refractivity contribution is -0.137. The lowest BCUT2D eigenvalue weighted by Gasteiger charge is -2.44. The molecule has 6 amide bonds. The van der Waals surface area contributed by atoms with Gasteiger partial charge in [0.2, 0.25) is 35.4 Å². The van der Waals surface area contributed by atoms with Crippen molar-refractivity contribution in [2.24, 2.45) is 5.92 Å². The van der Waals surface area contributed by atoms with Crippen molar-refractivity contribution < 1.29 is 56.1 Å². The van der Waals surface area contributed by atoms with Crippen LogP contribution < -0.4 is 26.6 Å². The highest BCUT2D eigenvalue weighted by Gasteiger charge is 2.44. The largest absolute Gasteiger partial charge is 0.416 e. The van der Waals surface area contributed by atoms with Gasteiger partial charge in [0.15, 0.2) is 0 Å². The molecule has 1 aliphatic carbocycles. The number of carbonyl (C=O) groups excluding carboxylic acids is 6. The summed E-state index contributed by atoms with van der Waals surface area (Å²) in [7, 11) is 3.70. The van der Waals surface area contributed by atoms with Crippen LogP contribution in [0.25, 0.3) is 10.9 Å². The number of likely N-dealkylation sites (tertiary alicyclic amines) is 2. The highest BCUT2D eigenvalue weighted by Crippen LogP contribution is 2.37. The molecule has 0 unspecified atom stereocenters. The molecule has 0 radical (unpaired) electrons. The number of rotatable bonds is 24. The number of anilines is 1. The van der Waals surface area contributed by atoms with Crippen LogP contribution in [-0.2, 0) is 49.2 Å². The fourth-order valence-electron chi connectivity index (χ4n) is 9.12. The Morgan fingerprint density at radius 1 is 0.886 bits per heavy atom. The first-order chi connectivity index (χ1) is 33.5. The Morgan fingerprint density at radius 2 is 1.59 bits per heavy atom. The minimum absolute atomic E-state index is 0.0482. The molecule has 6 rings (SSSR count). The molecule has 0 spiro atoms. The number of amides is 6. The van der Waals surface area contributed by atoms with E-state index in [4.69, 9.17) is 14.2 Å². The fourth-order valence-corrected chi connectivity index (χ4v) is 9.12. The van der Waals surface area contributed by atoms with Crippen LogP contribution in [0.5, 0.6) is 0 Å². The molecule has 2 saturated heterocycles. The zero-order chi connectivity index (χ0) is 50.4. The average Bonchev–Trinajstić information content (AvgIpc) is 3.85. The van der Waals surface area contributed by atoms with E-state index in [0.29, 0.717) is 31.3 Å². The Hall–Kier alpha value is -6.04. The standard InChI is InChI=1S/C47H64F3N11O9/c1-29(2)59(3)32-8-10-38(61-17-11-36(46(61)67)58-44-33-22-31(47(48,49)50)7-9-35(33)55-28-56-44)37(23-32)57-39(62)12-18-68-19-14-52-40(63)26-69-20-15-53-41(64)27-70-21-16-54-45(66)34-24-42(65)60(4)43(34)30-6-5-13-51-25-30/h5-7,9,13,22,25,28-29,32,34,36-38,43H,8,10-12,14-21,23-24,26-27H2,1-4H3,(H,52,63)(H,53,64)(H,54,66)(H,57,62)(H,55,56,58)/t32-,34+,36+,37-,38+,43-/m1/s1. The molecule has 5 N–H and O–H groups in total. The first-order valence-corrected chi connectivity index (χ1v) is 23.6. The molecule has 4 heterocycles. The number of ether oxygens (including phenoxy) is 3. The van der Waals surface area contributed by atoms with Crippen molar-refractivity contribution in [3.8, 4) is 0 Å². The summed E-state index contributed by atoms with van der Waals surface area (Å²) in [5, 5.41) is 14.5. The van der Waals surface area contributed by atoms with E-state index in [9.17, 15) is 41.9 Å². The number of benzene rings is 1. The normalized spacial score (nSPS) is 21.7. The smallest absolute Gasteiger partial charge is 0.379 e. The third-order valence-corrected chi connectivity index (χ3v) is 13.0. The number of hydrogen-bond acceptors (Lipinski definition) is 14. The fraction of sp³-hybridized carbons (Fsp3) is 0.596. The van der Waals surface area contributed by atoms with E-state index in [2.05, 4.69) is 60.3 Å². The Kier molecular flexibility index (Phi) is 19.2. The lowest BCUT2D eigenvalue weighted by Crippen LogP contribution is -2.58. The van der Waals surface area contributed by atoms with Crippen molar-refractivity contribution >= 4 is 52.2 Å². The number of aromatic nitrogens is 3. The third-order valence-electron chi connectivity index (χ3n) is 13.0. The van der Waals surface area contributed by atoms with E-state index in [1.807, 2.05) is 13.1 Å². The zero-order valence-electron chi connectivity index (χ0n) is 40.0. The maximum Gasteiger partial charge on any atom is 0.416 e. The van der Waals surface area contributed by atoms with Crippen LogP contribution in [-0.4, -0.2) is 175 Å². The van der Waals surface area contributed by atoms with Crippen LogP contribution in [0.4, 0.5) is 19.0 Å². The molecule has 6 atom stereocenters. The SMILES string of the molecule is CC(C)N(C)[C@@H]1CC[C@H](N2CC[C@H](Nc3ncnc4ccc(C(F)(F)F)cc34)C2=O)[C@H](NC(=O)CCOCCNC(=O)COCCNC(=O)COCCNC(=O)[C@H]2CC(=O)N(C)[C@@H]2c2cccnc2)C1. The van der Waals surface area contributed by atoms with Crippen molar-refractivity contribution in [1.29, 1.82) is 0 Å². The molecule has 23 heteroatoms. The molecule has 70 heavy (non-hydrogen) atoms. The third kappa shape index (κ3) is 14.5. The first-order valence-electron chi connectivity index (χ1n) is 23.6. The topological polar surface area (TPSA) is 239 Å². The second kappa shape index (κ2) is 25.2. The molecule has 382 valence electrons. The van der Waals surface area contributed by atoms with Gasteiger partial charge in [0.25, 0.3) is 0 Å². The second-order valence-electron chi connectivity index (χ2n) is 17.9. The van der Waals surface area contributed by atoms with Crippen LogP contribution in [0.1, 0.15) is 69.5 Å². The lowest BCUT2D eigenvalue weighted by atomic mass is 9.84. The van der Waals surface area contributed by atoms with Crippen molar-refractivity contribution in [3.05, 3.63) is 60.2 Å². The van der Waals surface area contributed by atoms with Gasteiger partial charge in [0.1, 0.15) is 31.4 Å². The number of nitrogens with one attached hydrogen (secondary N) is 5. The first kappa shape index (κ1) is 53.3. The minimum Gasteiger partial charge on any atom is -0.379 e. The molecule has 2 aliphatic heterocycles. The molecular weight excluding hydrogens is 920 g/mol. The minimum atomic E-state index is -4.56. The quantitative estimate of drug-likeness (QED) is 0.0806. The van der Waals surface area contributed by atoms with Crippen molar-refractivity contribution in [2.45, 2.75) is 94.8 Å². The predicted molar refractivity (Wildman–Crippen MR) is 248 cm³/mol. The molecular formula is C47H64F3N11O9. The predicted octanol–water partition coefficient (Wildman–Crippen LogP) is 1.81. The Bertz CT molecular complexity index is 2280. The summed E-state index contributed by atoms with van der Waals surface area (Å²) in [5.41, 5.74) is 0.241. The van der Waals surface area contributed by atoms with Crippen LogP contribution in [0.15, 0.2) is 49.1 Å². The van der Waals surface area contributed by atoms with Gasteiger partial charge in [-0.15, -0.1) is 0 Å². The number of nitrogens with zero attached hydrogens (tertiary/aromatic N) is 6. The van der Waals surface area contributed by atoms with Gasteiger partial charge in [0.05, 0.1) is 61.6 Å². The van der Waals surface area contributed by atoms with Crippen LogP contribution in [0.2, 0.25) is 0 Å². The average molecular weight is 984 g/mol. The van der Waals surface area contributed by atoms with Crippen LogP contribution in [0.3, 0.4) is 0 Å². The van der Waals surface area contributed by atoms with Crippen molar-refractivity contribution in [3.63, 3.8) is 0 Å². The van der Waals surface area contributed by atoms with Crippen LogP contribution >= 0.6 is 0 Å². The summed E-state index contributed by atoms with van der Waals surface area (Å²) in [5.74, 6) is -2.12. The zero-order valence-corrected chi connectivity index (χ0v) is 40.0. The molecule has 2 aromatic heterocycles. The van der Waals surface area contributed by atoms with Gasteiger partial charge in [-0.25, -0.2) is 9.97 Å². The summed E-state index contributed by atoms with van der Waals surface area (Å²) >= 11 is 0. The van der Waals surface area contributed by atoms with Gasteiger partial charge >= 0.3 is 6.18 Å². The highest BCUT2D eigenvalue weighted by atomic mass is 19.4. The van der Waals surface area contributed by atoms with Gasteiger partial charge in [-0.3, -0.25) is 33.8 Å². The molecule has 1 saturated carbocycles. The molecule has 20 nitrogen and oxygen atoms in total. The van der Waals surface area contributed by atoms with E-state index in [1.165, 1.54) is 12.4 Å². The Morgan fingerprint density at radius 3 is 2.26 bits per heavy atom. The summed E-state index contributed by atoms with van der Waals surface area (Å²) < 4.78 is 56.9. The number of carbonyl (C=O) groups is 6. The van der Waals surface area contributed by atoms with E-state index in [1.54, 1.807) is 35.3 Å². The summed E-state index contributed by atoms with van der Waals surface area (Å²) in [4.78, 5) is 94.8. The van der Waals surface area contributed by atoms with E-state index < -0.39 is 41.6 Å². The van der Waals surface area contributed by atoms with Crippen molar-refractivity contribution in [2.75, 3.05) is 85.2 Å². The van der Waals surface area contributed by atoms with Crippen molar-refractivity contribution in [1.82, 2.24) is 50.9 Å². The molecule has 1 aromatic carbocycles. The van der Waals surface area contributed by atoms with E-state index in [0.717, 1.165) is 24.1 Å². The highest BCUT2D eigenvalue weighted by molar-refractivity contribution is 5.93. The number of pyridine rings is 1. The number of fused-ring (bicyclic) bond motifs is 1. The van der Waals surface area contributed by atoms with Gasteiger partial charge in [-0.05, 0) is 76.4 Å². The maximum absolute atomic E-state index is 13.9. The van der Waals surface area contributed by atoms with Gasteiger partial charge in [-0.1, -0.05) is 6.07 Å². The summed E-state index contributed by atoms with van der Waals surface area (Å²) in [6, 6.07) is 5.42. The molecule has 0 bridgehead atoms. The van der Waals surface area contributed by atoms with E-state index >= 15 is 0 Å². The molecule has 3 fully saturated rings. The Labute approximate surface area is 404 Å². The van der Waals surface area contributed by atoms with Crippen LogP contribution in [0, 0.1) is 5.92 Å². The van der Waals surface area contributed by atoms with Gasteiger partial charge in [-0.2, -0.15) is 13.2 Å². The molecule has 3 aliphatic rings. The maximum atomic E-state index is 13.9. The summed E-state index contributed by atoms with van der Waals surface area (Å²) in [6.07, 6.45) is 2.54. The summed E-state index contributed by atoms with van der Waals surface area (Å²) in [6.45, 7) is 4.95. The number of halogens is 3. The monoisotopic (exact) mass is 983 g/mol.